The molecule has 0 radical (unpaired) electrons. The largest absolute Gasteiger partial charge is 0.228 e. The third-order valence-corrected chi connectivity index (χ3v) is 12.9. The number of hydrogen-bond donors (Lipinski definition) is 2. The van der Waals surface area contributed by atoms with Gasteiger partial charge in [-0.05, 0) is 51.4 Å². The molecule has 0 amide bonds. The molecule has 162 valence electrons. The standard InChI is InChI=1S/C20H24Cl5NS3/c1-10(2)14-8-28(9-15(14)21)6-11(3)13-5-16(22)29(19(13)24)7-12(4)17-18(23)27-20(25)26-17/h5,8-12,28-29H,6-7H2,1-4H3. The first-order valence-electron chi connectivity index (χ1n) is 9.29. The van der Waals surface area contributed by atoms with Gasteiger partial charge < -0.3 is 0 Å². The lowest BCUT2D eigenvalue weighted by atomic mass is 10.1. The molecule has 4 atom stereocenters. The molecule has 0 N–H and O–H groups in total. The molecular weight excluding hydrogens is 528 g/mol. The molecule has 1 aromatic rings. The third-order valence-electron chi connectivity index (χ3n) is 5.01. The zero-order valence-electron chi connectivity index (χ0n) is 16.5. The van der Waals surface area contributed by atoms with Gasteiger partial charge in [0.05, 0.1) is 14.4 Å². The van der Waals surface area contributed by atoms with E-state index in [1.165, 1.54) is 16.9 Å². The summed E-state index contributed by atoms with van der Waals surface area (Å²) in [6.45, 7) is 8.68. The van der Waals surface area contributed by atoms with Crippen molar-refractivity contribution in [2.75, 3.05) is 11.5 Å². The highest BCUT2D eigenvalue weighted by Crippen LogP contribution is 2.58. The number of halogens is 5. The van der Waals surface area contributed by atoms with Crippen molar-refractivity contribution in [3.63, 3.8) is 0 Å². The summed E-state index contributed by atoms with van der Waals surface area (Å²) in [4.78, 5) is 4.37. The Hall–Kier alpha value is 0.740. The zero-order valence-corrected chi connectivity index (χ0v) is 22.9. The van der Waals surface area contributed by atoms with Gasteiger partial charge in [-0.1, -0.05) is 97.0 Å². The summed E-state index contributed by atoms with van der Waals surface area (Å²) in [5.41, 5.74) is 3.26. The summed E-state index contributed by atoms with van der Waals surface area (Å²) in [7, 11) is -1.13. The lowest BCUT2D eigenvalue weighted by molar-refractivity contribution is 0.791. The Morgan fingerprint density at radius 2 is 1.66 bits per heavy atom. The molecule has 0 spiro atoms. The predicted octanol–water partition coefficient (Wildman–Crippen LogP) is 9.37. The van der Waals surface area contributed by atoms with Gasteiger partial charge in [0.2, 0.25) is 0 Å². The van der Waals surface area contributed by atoms with Gasteiger partial charge in [0, 0.05) is 11.0 Å². The summed E-state index contributed by atoms with van der Waals surface area (Å²) in [6, 6.07) is 0. The monoisotopic (exact) mass is 549 g/mol. The van der Waals surface area contributed by atoms with Crippen LogP contribution in [-0.4, -0.2) is 16.5 Å². The average molecular weight is 552 g/mol. The van der Waals surface area contributed by atoms with Crippen molar-refractivity contribution < 1.29 is 0 Å². The maximum Gasteiger partial charge on any atom is 0.185 e. The lowest BCUT2D eigenvalue weighted by Gasteiger charge is -2.22. The van der Waals surface area contributed by atoms with Crippen LogP contribution in [0.25, 0.3) is 0 Å². The highest BCUT2D eigenvalue weighted by Gasteiger charge is 2.29. The fourth-order valence-electron chi connectivity index (χ4n) is 3.42. The van der Waals surface area contributed by atoms with Crippen LogP contribution in [0.3, 0.4) is 0 Å². The minimum atomic E-state index is -0.766. The van der Waals surface area contributed by atoms with E-state index in [0.717, 1.165) is 36.5 Å². The molecule has 3 heterocycles. The van der Waals surface area contributed by atoms with E-state index in [9.17, 15) is 0 Å². The van der Waals surface area contributed by atoms with Gasteiger partial charge in [-0.3, -0.25) is 0 Å². The van der Waals surface area contributed by atoms with Gasteiger partial charge in [-0.25, -0.2) is 15.9 Å². The van der Waals surface area contributed by atoms with Crippen molar-refractivity contribution in [1.29, 1.82) is 0 Å². The van der Waals surface area contributed by atoms with Crippen LogP contribution in [0, 0.1) is 11.8 Å². The summed E-state index contributed by atoms with van der Waals surface area (Å²) in [5.74, 6) is 2.76. The zero-order chi connectivity index (χ0) is 21.5. The Morgan fingerprint density at radius 3 is 2.21 bits per heavy atom. The molecule has 0 saturated carbocycles. The van der Waals surface area contributed by atoms with Gasteiger partial charge in [0.25, 0.3) is 0 Å². The van der Waals surface area contributed by atoms with Crippen molar-refractivity contribution in [3.05, 3.63) is 56.3 Å². The Bertz CT molecular complexity index is 915. The van der Waals surface area contributed by atoms with E-state index in [0.29, 0.717) is 20.6 Å². The first-order valence-corrected chi connectivity index (χ1v) is 15.2. The molecule has 0 fully saturated rings. The summed E-state index contributed by atoms with van der Waals surface area (Å²) < 4.78 is 2.86. The molecule has 4 unspecified atom stereocenters. The molecule has 3 rings (SSSR count). The average Bonchev–Trinajstić information content (AvgIpc) is 3.25. The first-order chi connectivity index (χ1) is 13.6. The summed E-state index contributed by atoms with van der Waals surface area (Å²) in [6.07, 6.45) is 2.08. The number of thiazole rings is 1. The molecular formula is C20H24Cl5NS3. The van der Waals surface area contributed by atoms with Crippen molar-refractivity contribution in [1.82, 2.24) is 4.98 Å². The molecule has 0 aliphatic carbocycles. The van der Waals surface area contributed by atoms with Crippen LogP contribution < -0.4 is 0 Å². The first kappa shape index (κ1) is 24.4. The van der Waals surface area contributed by atoms with Crippen molar-refractivity contribution in [3.8, 4) is 0 Å². The van der Waals surface area contributed by atoms with E-state index >= 15 is 0 Å². The van der Waals surface area contributed by atoms with Crippen LogP contribution in [0.5, 0.6) is 0 Å². The van der Waals surface area contributed by atoms with Crippen LogP contribution in [-0.2, 0) is 0 Å². The van der Waals surface area contributed by atoms with E-state index < -0.39 is 10.9 Å². The minimum Gasteiger partial charge on any atom is -0.228 e. The van der Waals surface area contributed by atoms with E-state index in [1.54, 1.807) is 0 Å². The van der Waals surface area contributed by atoms with Gasteiger partial charge in [0.15, 0.2) is 4.47 Å². The normalized spacial score (nSPS) is 26.6. The van der Waals surface area contributed by atoms with Crippen LogP contribution in [0.4, 0.5) is 0 Å². The van der Waals surface area contributed by atoms with Crippen molar-refractivity contribution in [2.24, 2.45) is 11.8 Å². The number of nitrogens with zero attached hydrogens (tertiary/aromatic N) is 1. The second kappa shape index (κ2) is 10.1. The second-order valence-electron chi connectivity index (χ2n) is 7.66. The van der Waals surface area contributed by atoms with Gasteiger partial charge >= 0.3 is 0 Å². The number of rotatable bonds is 7. The quantitative estimate of drug-likeness (QED) is 0.322. The molecule has 1 nitrogen and oxygen atoms in total. The second-order valence-corrected chi connectivity index (χ2v) is 15.6. The van der Waals surface area contributed by atoms with Gasteiger partial charge in [0.1, 0.15) is 4.34 Å². The van der Waals surface area contributed by atoms with E-state index in [2.05, 4.69) is 49.6 Å². The maximum atomic E-state index is 6.85. The summed E-state index contributed by atoms with van der Waals surface area (Å²) in [5, 5.41) is 5.48. The number of aromatic nitrogens is 1. The lowest BCUT2D eigenvalue weighted by Crippen LogP contribution is -2.04. The van der Waals surface area contributed by atoms with Crippen LogP contribution in [0.15, 0.2) is 41.8 Å². The molecule has 2 aliphatic rings. The van der Waals surface area contributed by atoms with E-state index in [1.807, 2.05) is 0 Å². The Morgan fingerprint density at radius 1 is 0.966 bits per heavy atom. The molecule has 9 heteroatoms. The topological polar surface area (TPSA) is 12.9 Å². The highest BCUT2D eigenvalue weighted by molar-refractivity contribution is 8.26. The predicted molar refractivity (Wildman–Crippen MR) is 141 cm³/mol. The Balaban J connectivity index is 1.72. The molecule has 0 bridgehead atoms. The highest BCUT2D eigenvalue weighted by atomic mass is 35.5. The van der Waals surface area contributed by atoms with E-state index in [4.69, 9.17) is 58.0 Å². The fourth-order valence-corrected chi connectivity index (χ4v) is 11.6. The maximum absolute atomic E-state index is 6.85. The SMILES string of the molecule is CC(C)C1=C[SH](CC(C)C2=C(Cl)[SH](CC(C)c3nc(Cl)sc3Cl)C(Cl)=C2)C=C1Cl. The van der Waals surface area contributed by atoms with Crippen molar-refractivity contribution in [2.45, 2.75) is 33.6 Å². The number of allylic oxidation sites excluding steroid dienone is 4. The van der Waals surface area contributed by atoms with Gasteiger partial charge in [-0.15, -0.1) is 0 Å². The molecule has 29 heavy (non-hydrogen) atoms. The Kier molecular flexibility index (Phi) is 8.51. The van der Waals surface area contributed by atoms with Crippen molar-refractivity contribution >= 4 is 91.1 Å². The molecule has 0 saturated heterocycles. The van der Waals surface area contributed by atoms with Crippen LogP contribution in [0.1, 0.15) is 39.3 Å². The molecule has 1 aromatic heterocycles. The third kappa shape index (κ3) is 5.57. The van der Waals surface area contributed by atoms with Gasteiger partial charge in [-0.2, -0.15) is 10.9 Å². The fraction of sp³-hybridized carbons (Fsp3) is 0.450. The van der Waals surface area contributed by atoms with Crippen LogP contribution in [0.2, 0.25) is 8.80 Å². The van der Waals surface area contributed by atoms with E-state index in [-0.39, 0.29) is 16.8 Å². The molecule has 0 aromatic carbocycles. The summed E-state index contributed by atoms with van der Waals surface area (Å²) >= 11 is 33.5. The molecule has 2 aliphatic heterocycles. The Labute approximate surface area is 207 Å². The number of hydrogen-bond acceptors (Lipinski definition) is 2. The number of thiol groups is 2. The smallest absolute Gasteiger partial charge is 0.185 e. The minimum absolute atomic E-state index is 0.139. The van der Waals surface area contributed by atoms with Crippen LogP contribution >= 0.6 is 91.1 Å².